The molecule has 1 atom stereocenters. The minimum Gasteiger partial charge on any atom is -0.497 e. The van der Waals surface area contributed by atoms with Crippen LogP contribution in [-0.2, 0) is 14.8 Å². The second-order valence-corrected chi connectivity index (χ2v) is 7.65. The lowest BCUT2D eigenvalue weighted by Gasteiger charge is -2.28. The van der Waals surface area contributed by atoms with Gasteiger partial charge in [-0.15, -0.1) is 0 Å². The number of ether oxygens (including phenoxy) is 1. The van der Waals surface area contributed by atoms with E-state index in [-0.39, 0.29) is 0 Å². The predicted molar refractivity (Wildman–Crippen MR) is 99.6 cm³/mol. The maximum absolute atomic E-state index is 12.6. The first kappa shape index (κ1) is 18.8. The molecule has 0 radical (unpaired) electrons. The van der Waals surface area contributed by atoms with E-state index in [4.69, 9.17) is 4.74 Å². The molecule has 6 nitrogen and oxygen atoms in total. The number of hydrogen-bond acceptors (Lipinski definition) is 4. The maximum atomic E-state index is 12.6. The van der Waals surface area contributed by atoms with Crippen molar-refractivity contribution >= 4 is 27.3 Å². The monoisotopic (exact) mass is 362 g/mol. The molecule has 2 aromatic carbocycles. The third-order valence-electron chi connectivity index (χ3n) is 3.68. The Kier molecular flexibility index (Phi) is 5.69. The molecule has 2 aromatic rings. The van der Waals surface area contributed by atoms with E-state index in [1.807, 2.05) is 13.0 Å². The quantitative estimate of drug-likeness (QED) is 0.857. The van der Waals surface area contributed by atoms with Gasteiger partial charge in [-0.1, -0.05) is 18.2 Å². The molecule has 0 saturated carbocycles. The highest BCUT2D eigenvalue weighted by Crippen LogP contribution is 2.23. The highest BCUT2D eigenvalue weighted by atomic mass is 32.2. The lowest BCUT2D eigenvalue weighted by molar-refractivity contribution is -0.116. The predicted octanol–water partition coefficient (Wildman–Crippen LogP) is 2.80. The Hall–Kier alpha value is -2.54. The van der Waals surface area contributed by atoms with Crippen LogP contribution in [0.4, 0.5) is 11.4 Å². The molecule has 7 heteroatoms. The van der Waals surface area contributed by atoms with Crippen LogP contribution in [0.15, 0.2) is 48.5 Å². The Balaban J connectivity index is 2.30. The molecule has 0 spiro atoms. The fraction of sp³-hybridized carbons (Fsp3) is 0.278. The number of carbonyl (C=O) groups is 1. The summed E-state index contributed by atoms with van der Waals surface area (Å²) in [6.45, 7) is 3.42. The smallest absolute Gasteiger partial charge is 0.247 e. The summed E-state index contributed by atoms with van der Waals surface area (Å²) in [6.07, 6.45) is 1.09. The fourth-order valence-electron chi connectivity index (χ4n) is 2.52. The second-order valence-electron chi connectivity index (χ2n) is 5.79. The minimum absolute atomic E-state index is 0.430. The largest absolute Gasteiger partial charge is 0.497 e. The van der Waals surface area contributed by atoms with Gasteiger partial charge in [-0.25, -0.2) is 8.42 Å². The first-order chi connectivity index (χ1) is 11.7. The van der Waals surface area contributed by atoms with Crippen LogP contribution in [0.5, 0.6) is 5.75 Å². The Morgan fingerprint density at radius 2 is 1.84 bits per heavy atom. The normalized spacial score (nSPS) is 12.3. The number of benzene rings is 2. The third kappa shape index (κ3) is 4.73. The zero-order valence-corrected chi connectivity index (χ0v) is 15.5. The van der Waals surface area contributed by atoms with Gasteiger partial charge < -0.3 is 10.1 Å². The summed E-state index contributed by atoms with van der Waals surface area (Å²) in [5, 5.41) is 2.73. The topological polar surface area (TPSA) is 75.7 Å². The van der Waals surface area contributed by atoms with Crippen molar-refractivity contribution in [2.45, 2.75) is 19.9 Å². The van der Waals surface area contributed by atoms with Crippen molar-refractivity contribution in [3.8, 4) is 5.75 Å². The van der Waals surface area contributed by atoms with Gasteiger partial charge in [0.05, 0.1) is 19.1 Å². The summed E-state index contributed by atoms with van der Waals surface area (Å²) in [7, 11) is -2.10. The van der Waals surface area contributed by atoms with Crippen LogP contribution in [0.3, 0.4) is 0 Å². The van der Waals surface area contributed by atoms with Crippen LogP contribution >= 0.6 is 0 Å². The van der Waals surface area contributed by atoms with Crippen molar-refractivity contribution in [3.05, 3.63) is 54.1 Å². The molecule has 0 aromatic heterocycles. The molecule has 0 aliphatic rings. The van der Waals surface area contributed by atoms with Crippen LogP contribution in [0, 0.1) is 6.92 Å². The number of aryl methyl sites for hydroxylation is 1. The summed E-state index contributed by atoms with van der Waals surface area (Å²) in [4.78, 5) is 12.6. The van der Waals surface area contributed by atoms with Gasteiger partial charge in [0.2, 0.25) is 15.9 Å². The molecule has 0 fully saturated rings. The molecule has 0 saturated heterocycles. The molecular formula is C18H22N2O4S. The van der Waals surface area contributed by atoms with Crippen LogP contribution < -0.4 is 14.4 Å². The Morgan fingerprint density at radius 3 is 2.44 bits per heavy atom. The van der Waals surface area contributed by atoms with Gasteiger partial charge in [0, 0.05) is 11.8 Å². The summed E-state index contributed by atoms with van der Waals surface area (Å²) < 4.78 is 30.8. The minimum atomic E-state index is -3.64. The van der Waals surface area contributed by atoms with Crippen molar-refractivity contribution in [3.63, 3.8) is 0 Å². The standard InChI is InChI=1S/C18H22N2O4S/c1-13-7-5-9-16(11-13)20(25(4,22)23)14(2)18(21)19-15-8-6-10-17(12-15)24-3/h5-12,14H,1-4H3,(H,19,21)/t14-/m1/s1. The van der Waals surface area contributed by atoms with E-state index in [1.54, 1.807) is 49.4 Å². The van der Waals surface area contributed by atoms with Crippen molar-refractivity contribution in [1.29, 1.82) is 0 Å². The number of methoxy groups -OCH3 is 1. The molecule has 1 N–H and O–H groups in total. The molecule has 25 heavy (non-hydrogen) atoms. The van der Waals surface area contributed by atoms with E-state index in [0.717, 1.165) is 16.1 Å². The van der Waals surface area contributed by atoms with Crippen LogP contribution in [-0.4, -0.2) is 33.7 Å². The molecule has 134 valence electrons. The summed E-state index contributed by atoms with van der Waals surface area (Å²) in [6, 6.07) is 13.0. The van der Waals surface area contributed by atoms with Gasteiger partial charge in [-0.3, -0.25) is 9.10 Å². The molecular weight excluding hydrogens is 340 g/mol. The molecule has 2 rings (SSSR count). The van der Waals surface area contributed by atoms with Gasteiger partial charge in [0.15, 0.2) is 0 Å². The summed E-state index contributed by atoms with van der Waals surface area (Å²) in [5.74, 6) is 0.171. The Morgan fingerprint density at radius 1 is 1.16 bits per heavy atom. The number of amides is 1. The van der Waals surface area contributed by atoms with E-state index in [1.165, 1.54) is 7.11 Å². The van der Waals surface area contributed by atoms with Gasteiger partial charge in [-0.05, 0) is 43.7 Å². The zero-order chi connectivity index (χ0) is 18.6. The number of hydrogen-bond donors (Lipinski definition) is 1. The molecule has 0 aliphatic heterocycles. The Bertz CT molecular complexity index is 865. The highest BCUT2D eigenvalue weighted by Gasteiger charge is 2.29. The summed E-state index contributed by atoms with van der Waals surface area (Å²) >= 11 is 0. The molecule has 0 aliphatic carbocycles. The fourth-order valence-corrected chi connectivity index (χ4v) is 3.69. The second kappa shape index (κ2) is 7.57. The highest BCUT2D eigenvalue weighted by molar-refractivity contribution is 7.92. The van der Waals surface area contributed by atoms with Crippen molar-refractivity contribution in [2.24, 2.45) is 0 Å². The lowest BCUT2D eigenvalue weighted by atomic mass is 10.2. The SMILES string of the molecule is COc1cccc(NC(=O)[C@@H](C)N(c2cccc(C)c2)S(C)(=O)=O)c1. The molecule has 0 bridgehead atoms. The van der Waals surface area contributed by atoms with Crippen LogP contribution in [0.2, 0.25) is 0 Å². The first-order valence-corrected chi connectivity index (χ1v) is 9.58. The van der Waals surface area contributed by atoms with Crippen molar-refractivity contribution < 1.29 is 17.9 Å². The average molecular weight is 362 g/mol. The number of nitrogens with one attached hydrogen (secondary N) is 1. The van der Waals surface area contributed by atoms with Gasteiger partial charge >= 0.3 is 0 Å². The zero-order valence-electron chi connectivity index (χ0n) is 14.7. The van der Waals surface area contributed by atoms with Crippen molar-refractivity contribution in [2.75, 3.05) is 23.0 Å². The van der Waals surface area contributed by atoms with E-state index >= 15 is 0 Å². The van der Waals surface area contributed by atoms with E-state index in [2.05, 4.69) is 5.32 Å². The number of anilines is 2. The van der Waals surface area contributed by atoms with E-state index < -0.39 is 22.0 Å². The van der Waals surface area contributed by atoms with Gasteiger partial charge in [-0.2, -0.15) is 0 Å². The number of rotatable bonds is 6. The van der Waals surface area contributed by atoms with E-state index in [9.17, 15) is 13.2 Å². The van der Waals surface area contributed by atoms with Crippen LogP contribution in [0.25, 0.3) is 0 Å². The molecule has 0 unspecified atom stereocenters. The first-order valence-electron chi connectivity index (χ1n) is 7.73. The summed E-state index contributed by atoms with van der Waals surface area (Å²) in [5.41, 5.74) is 1.90. The lowest BCUT2D eigenvalue weighted by Crippen LogP contribution is -2.45. The maximum Gasteiger partial charge on any atom is 0.247 e. The number of sulfonamides is 1. The molecule has 1 amide bonds. The van der Waals surface area contributed by atoms with Gasteiger partial charge in [0.1, 0.15) is 11.8 Å². The average Bonchev–Trinajstić information content (AvgIpc) is 2.53. The molecule has 0 heterocycles. The Labute approximate surface area is 148 Å². The van der Waals surface area contributed by atoms with Crippen LogP contribution in [0.1, 0.15) is 12.5 Å². The van der Waals surface area contributed by atoms with Crippen molar-refractivity contribution in [1.82, 2.24) is 0 Å². The number of nitrogens with zero attached hydrogens (tertiary/aromatic N) is 1. The van der Waals surface area contributed by atoms with E-state index in [0.29, 0.717) is 17.1 Å². The van der Waals surface area contributed by atoms with Gasteiger partial charge in [0.25, 0.3) is 0 Å². The number of carbonyl (C=O) groups excluding carboxylic acids is 1. The third-order valence-corrected chi connectivity index (χ3v) is 4.92.